The molecule has 0 saturated carbocycles. The van der Waals surface area contributed by atoms with Crippen LogP contribution in [-0.2, 0) is 10.3 Å². The van der Waals surface area contributed by atoms with Crippen molar-refractivity contribution < 1.29 is 27.4 Å². The number of benzene rings is 1. The summed E-state index contributed by atoms with van der Waals surface area (Å²) >= 11 is 0. The molecular formula is C21H21F3N4O3. The average molecular weight is 434 g/mol. The molecule has 0 bridgehead atoms. The molecule has 3 aromatic rings. The van der Waals surface area contributed by atoms with Crippen LogP contribution in [0.3, 0.4) is 0 Å². The van der Waals surface area contributed by atoms with Gasteiger partial charge < -0.3 is 14.8 Å². The smallest absolute Gasteiger partial charge is 0.406 e. The Morgan fingerprint density at radius 1 is 1.23 bits per heavy atom. The number of alkyl halides is 3. The number of carbonyl (C=O) groups excluding carboxylic acids is 1. The molecule has 3 heterocycles. The van der Waals surface area contributed by atoms with E-state index in [4.69, 9.17) is 4.74 Å². The molecule has 1 fully saturated rings. The quantitative estimate of drug-likeness (QED) is 0.678. The zero-order chi connectivity index (χ0) is 22.2. The van der Waals surface area contributed by atoms with Gasteiger partial charge in [0.05, 0.1) is 11.7 Å². The van der Waals surface area contributed by atoms with Crippen molar-refractivity contribution in [3.8, 4) is 5.75 Å². The lowest BCUT2D eigenvalue weighted by atomic mass is 9.82. The Bertz CT molecular complexity index is 1120. The number of nitrogens with one attached hydrogen (secondary N) is 1. The van der Waals surface area contributed by atoms with Crippen LogP contribution < -0.4 is 10.1 Å². The molecule has 1 N–H and O–H groups in total. The monoisotopic (exact) mass is 434 g/mol. The highest BCUT2D eigenvalue weighted by molar-refractivity contribution is 6.00. The Labute approximate surface area is 176 Å². The molecule has 1 aromatic carbocycles. The number of amides is 1. The Balaban J connectivity index is 1.70. The van der Waals surface area contributed by atoms with Gasteiger partial charge >= 0.3 is 6.36 Å². The number of halogens is 3. The zero-order valence-electron chi connectivity index (χ0n) is 17.0. The number of rotatable bonds is 4. The van der Waals surface area contributed by atoms with Crippen LogP contribution in [0.2, 0.25) is 0 Å². The van der Waals surface area contributed by atoms with Crippen molar-refractivity contribution in [3.05, 3.63) is 59.0 Å². The first kappa shape index (κ1) is 21.1. The number of carbonyl (C=O) groups is 1. The summed E-state index contributed by atoms with van der Waals surface area (Å²) in [7, 11) is 0. The predicted molar refractivity (Wildman–Crippen MR) is 105 cm³/mol. The fraction of sp³-hybridized carbons (Fsp3) is 0.381. The van der Waals surface area contributed by atoms with Crippen LogP contribution in [0.1, 0.15) is 40.2 Å². The van der Waals surface area contributed by atoms with E-state index in [1.807, 2.05) is 19.9 Å². The average Bonchev–Trinajstić information content (AvgIpc) is 3.12. The summed E-state index contributed by atoms with van der Waals surface area (Å²) in [6, 6.07) is 7.54. The summed E-state index contributed by atoms with van der Waals surface area (Å²) in [5, 5.41) is 7.27. The van der Waals surface area contributed by atoms with E-state index < -0.39 is 17.8 Å². The van der Waals surface area contributed by atoms with E-state index in [1.165, 1.54) is 24.4 Å². The van der Waals surface area contributed by atoms with Gasteiger partial charge in [-0.2, -0.15) is 5.10 Å². The molecule has 0 spiro atoms. The first-order valence-electron chi connectivity index (χ1n) is 9.75. The predicted octanol–water partition coefficient (Wildman–Crippen LogP) is 3.68. The van der Waals surface area contributed by atoms with Gasteiger partial charge in [0.15, 0.2) is 5.65 Å². The van der Waals surface area contributed by atoms with Crippen molar-refractivity contribution >= 4 is 11.6 Å². The minimum absolute atomic E-state index is 0.292. The van der Waals surface area contributed by atoms with E-state index in [9.17, 15) is 18.0 Å². The van der Waals surface area contributed by atoms with Crippen molar-refractivity contribution in [2.24, 2.45) is 0 Å². The number of ether oxygens (including phenoxy) is 2. The van der Waals surface area contributed by atoms with Gasteiger partial charge in [0, 0.05) is 24.6 Å². The first-order chi connectivity index (χ1) is 14.7. The van der Waals surface area contributed by atoms with Gasteiger partial charge in [-0.15, -0.1) is 13.2 Å². The van der Waals surface area contributed by atoms with Crippen LogP contribution in [-0.4, -0.2) is 40.1 Å². The second-order valence-corrected chi connectivity index (χ2v) is 7.56. The van der Waals surface area contributed by atoms with E-state index in [1.54, 1.807) is 10.6 Å². The van der Waals surface area contributed by atoms with Crippen LogP contribution in [0.4, 0.5) is 13.2 Å². The molecule has 1 saturated heterocycles. The van der Waals surface area contributed by atoms with Gasteiger partial charge in [-0.25, -0.2) is 9.50 Å². The Hall–Kier alpha value is -3.14. The van der Waals surface area contributed by atoms with Crippen molar-refractivity contribution in [2.75, 3.05) is 13.2 Å². The summed E-state index contributed by atoms with van der Waals surface area (Å²) in [6.45, 7) is 4.40. The standard InChI is InChI=1S/C21H21F3N4O3/c1-13-10-14(2)28-18(26-13)17(12-25-28)19(29)27-20(6-8-30-9-7-20)15-4-3-5-16(11-15)31-21(22,23)24/h3-5,10-12H,6-9H2,1-2H3,(H,27,29). The Morgan fingerprint density at radius 3 is 2.68 bits per heavy atom. The van der Waals surface area contributed by atoms with E-state index in [0.29, 0.717) is 42.8 Å². The highest BCUT2D eigenvalue weighted by atomic mass is 19.4. The number of aromatic nitrogens is 3. The fourth-order valence-corrected chi connectivity index (χ4v) is 3.91. The number of fused-ring (bicyclic) bond motifs is 1. The lowest BCUT2D eigenvalue weighted by molar-refractivity contribution is -0.274. The highest BCUT2D eigenvalue weighted by Crippen LogP contribution is 2.35. The van der Waals surface area contributed by atoms with Crippen LogP contribution >= 0.6 is 0 Å². The summed E-state index contributed by atoms with van der Waals surface area (Å²) in [5.41, 5.74) is 1.90. The Kier molecular flexibility index (Phi) is 5.34. The van der Waals surface area contributed by atoms with Crippen molar-refractivity contribution in [3.63, 3.8) is 0 Å². The number of hydrogen-bond acceptors (Lipinski definition) is 5. The molecule has 164 valence electrons. The minimum Gasteiger partial charge on any atom is -0.406 e. The topological polar surface area (TPSA) is 77.8 Å². The van der Waals surface area contributed by atoms with Crippen LogP contribution in [0.5, 0.6) is 5.75 Å². The molecule has 2 aromatic heterocycles. The number of hydrogen-bond donors (Lipinski definition) is 1. The molecule has 4 rings (SSSR count). The first-order valence-corrected chi connectivity index (χ1v) is 9.75. The van der Waals surface area contributed by atoms with E-state index in [2.05, 4.69) is 20.1 Å². The molecule has 7 nitrogen and oxygen atoms in total. The van der Waals surface area contributed by atoms with Gasteiger partial charge in [-0.3, -0.25) is 4.79 Å². The van der Waals surface area contributed by atoms with Gasteiger partial charge in [-0.05, 0) is 50.5 Å². The Morgan fingerprint density at radius 2 is 1.97 bits per heavy atom. The van der Waals surface area contributed by atoms with E-state index in [0.717, 1.165) is 11.4 Å². The maximum Gasteiger partial charge on any atom is 0.573 e. The molecule has 0 unspecified atom stereocenters. The van der Waals surface area contributed by atoms with Crippen LogP contribution in [0.25, 0.3) is 5.65 Å². The van der Waals surface area contributed by atoms with E-state index in [-0.39, 0.29) is 5.75 Å². The maximum absolute atomic E-state index is 13.2. The zero-order valence-corrected chi connectivity index (χ0v) is 17.0. The van der Waals surface area contributed by atoms with Gasteiger partial charge in [0.25, 0.3) is 5.91 Å². The molecule has 0 radical (unpaired) electrons. The molecule has 1 amide bonds. The third kappa shape index (κ3) is 4.34. The third-order valence-corrected chi connectivity index (χ3v) is 5.34. The van der Waals surface area contributed by atoms with Gasteiger partial charge in [0.2, 0.25) is 0 Å². The molecule has 31 heavy (non-hydrogen) atoms. The maximum atomic E-state index is 13.2. The molecule has 1 aliphatic rings. The van der Waals surface area contributed by atoms with Crippen LogP contribution in [0, 0.1) is 13.8 Å². The largest absolute Gasteiger partial charge is 0.573 e. The highest BCUT2D eigenvalue weighted by Gasteiger charge is 2.38. The second-order valence-electron chi connectivity index (χ2n) is 7.56. The number of aryl methyl sites for hydroxylation is 2. The van der Waals surface area contributed by atoms with E-state index >= 15 is 0 Å². The summed E-state index contributed by atoms with van der Waals surface area (Å²) in [6.07, 6.45) is -2.55. The van der Waals surface area contributed by atoms with Crippen molar-refractivity contribution in [1.82, 2.24) is 19.9 Å². The fourth-order valence-electron chi connectivity index (χ4n) is 3.91. The summed E-state index contributed by atoms with van der Waals surface area (Å²) < 4.78 is 49.2. The third-order valence-electron chi connectivity index (χ3n) is 5.34. The number of nitrogens with zero attached hydrogens (tertiary/aromatic N) is 3. The minimum atomic E-state index is -4.80. The molecular weight excluding hydrogens is 413 g/mol. The summed E-state index contributed by atoms with van der Waals surface area (Å²) in [4.78, 5) is 17.7. The molecule has 1 aliphatic heterocycles. The van der Waals surface area contributed by atoms with Gasteiger partial charge in [0.1, 0.15) is 11.3 Å². The molecule has 10 heteroatoms. The normalized spacial score (nSPS) is 16.3. The second kappa shape index (κ2) is 7.84. The van der Waals surface area contributed by atoms with Crippen molar-refractivity contribution in [2.45, 2.75) is 38.6 Å². The van der Waals surface area contributed by atoms with Crippen LogP contribution in [0.15, 0.2) is 36.5 Å². The van der Waals surface area contributed by atoms with Crippen molar-refractivity contribution in [1.29, 1.82) is 0 Å². The SMILES string of the molecule is Cc1cc(C)n2ncc(C(=O)NC3(c4cccc(OC(F)(F)F)c4)CCOCC3)c2n1. The lowest BCUT2D eigenvalue weighted by Gasteiger charge is -2.38. The van der Waals surface area contributed by atoms with Gasteiger partial charge in [-0.1, -0.05) is 12.1 Å². The molecule has 0 aliphatic carbocycles. The summed E-state index contributed by atoms with van der Waals surface area (Å²) in [5.74, 6) is -0.745. The molecule has 0 atom stereocenters. The lowest BCUT2D eigenvalue weighted by Crippen LogP contribution is -2.49.